The zero-order valence-corrected chi connectivity index (χ0v) is 14.4. The molecule has 0 saturated heterocycles. The van der Waals surface area contributed by atoms with E-state index in [-0.39, 0.29) is 11.6 Å². The first-order valence-corrected chi connectivity index (χ1v) is 8.22. The lowest BCUT2D eigenvalue weighted by Gasteiger charge is -2.06. The summed E-state index contributed by atoms with van der Waals surface area (Å²) in [6.07, 6.45) is 3.31. The molecule has 0 atom stereocenters. The number of rotatable bonds is 4. The third kappa shape index (κ3) is 3.73. The Balaban J connectivity index is 1.73. The van der Waals surface area contributed by atoms with Crippen molar-refractivity contribution in [2.24, 2.45) is 0 Å². The number of aromatic carboxylic acids is 1. The molecule has 4 rings (SSSR count). The van der Waals surface area contributed by atoms with E-state index in [0.29, 0.717) is 17.0 Å². The van der Waals surface area contributed by atoms with Crippen LogP contribution in [0.1, 0.15) is 21.6 Å². The Hall–Kier alpha value is -4.38. The number of carboxylic acid groups (broad SMARTS) is 1. The number of H-pyrrole nitrogens is 2. The molecule has 8 heteroatoms. The van der Waals surface area contributed by atoms with Gasteiger partial charge in [0.1, 0.15) is 5.75 Å². The molecule has 0 aliphatic heterocycles. The Kier molecular flexibility index (Phi) is 4.55. The van der Waals surface area contributed by atoms with Crippen molar-refractivity contribution < 1.29 is 14.6 Å². The fraction of sp³-hybridized carbons (Fsp3) is 0. The predicted molar refractivity (Wildman–Crippen MR) is 99.9 cm³/mol. The van der Waals surface area contributed by atoms with Crippen LogP contribution in [0.15, 0.2) is 61.1 Å². The van der Waals surface area contributed by atoms with Crippen molar-refractivity contribution in [2.75, 3.05) is 0 Å². The summed E-state index contributed by atoms with van der Waals surface area (Å²) in [7, 11) is 0. The highest BCUT2D eigenvalue weighted by atomic mass is 16.5. The Labute approximate surface area is 159 Å². The third-order valence-corrected chi connectivity index (χ3v) is 3.77. The van der Waals surface area contributed by atoms with Gasteiger partial charge >= 0.3 is 5.97 Å². The summed E-state index contributed by atoms with van der Waals surface area (Å²) in [5.41, 5.74) is 2.78. The fourth-order valence-electron chi connectivity index (χ4n) is 2.50. The van der Waals surface area contributed by atoms with Crippen LogP contribution in [0, 0.1) is 11.8 Å². The highest BCUT2D eigenvalue weighted by Gasteiger charge is 2.17. The molecular weight excluding hydrogens is 358 g/mol. The summed E-state index contributed by atoms with van der Waals surface area (Å²) in [6.45, 7) is 0. The van der Waals surface area contributed by atoms with E-state index >= 15 is 0 Å². The zero-order chi connectivity index (χ0) is 19.3. The number of hydrogen-bond donors (Lipinski definition) is 3. The van der Waals surface area contributed by atoms with Gasteiger partial charge in [-0.2, -0.15) is 0 Å². The first-order valence-electron chi connectivity index (χ1n) is 8.22. The number of benzene rings is 2. The minimum Gasteiger partial charge on any atom is -0.476 e. The molecule has 0 unspecified atom stereocenters. The van der Waals surface area contributed by atoms with Gasteiger partial charge in [0.15, 0.2) is 0 Å². The standard InChI is InChI=1S/C20H13N5O3/c26-20(27)18-19(24-25-23-18)28-16-9-14(7-6-13-4-2-1-3-5-13)8-15(10-16)17-11-21-12-22-17/h1-5,8-12H,(H,21,22)(H,26,27)(H,23,24,25). The van der Waals surface area contributed by atoms with Gasteiger partial charge in [-0.1, -0.05) is 40.4 Å². The molecule has 4 aromatic rings. The van der Waals surface area contributed by atoms with Crippen LogP contribution in [0.4, 0.5) is 0 Å². The maximum absolute atomic E-state index is 11.2. The molecule has 0 amide bonds. The zero-order valence-electron chi connectivity index (χ0n) is 14.4. The van der Waals surface area contributed by atoms with Crippen molar-refractivity contribution >= 4 is 5.97 Å². The molecule has 0 aliphatic carbocycles. The molecule has 0 spiro atoms. The third-order valence-electron chi connectivity index (χ3n) is 3.77. The Bertz CT molecular complexity index is 1170. The van der Waals surface area contributed by atoms with Gasteiger partial charge in [0.25, 0.3) is 5.88 Å². The second kappa shape index (κ2) is 7.47. The van der Waals surface area contributed by atoms with Crippen LogP contribution in [0.2, 0.25) is 0 Å². The molecule has 136 valence electrons. The van der Waals surface area contributed by atoms with E-state index in [1.54, 1.807) is 24.7 Å². The largest absolute Gasteiger partial charge is 0.476 e. The molecule has 0 aliphatic rings. The fourth-order valence-corrected chi connectivity index (χ4v) is 2.50. The Morgan fingerprint density at radius 3 is 2.64 bits per heavy atom. The van der Waals surface area contributed by atoms with E-state index in [1.807, 2.05) is 36.4 Å². The van der Waals surface area contributed by atoms with Crippen LogP contribution in [-0.4, -0.2) is 36.5 Å². The van der Waals surface area contributed by atoms with Gasteiger partial charge in [0.2, 0.25) is 5.69 Å². The summed E-state index contributed by atoms with van der Waals surface area (Å²) in [4.78, 5) is 18.4. The topological polar surface area (TPSA) is 117 Å². The van der Waals surface area contributed by atoms with E-state index in [2.05, 4.69) is 37.2 Å². The van der Waals surface area contributed by atoms with Crippen LogP contribution in [0.25, 0.3) is 11.3 Å². The van der Waals surface area contributed by atoms with Gasteiger partial charge in [-0.25, -0.2) is 14.9 Å². The number of aromatic amines is 2. The minimum atomic E-state index is -1.22. The number of ether oxygens (including phenoxy) is 1. The monoisotopic (exact) mass is 371 g/mol. The second-order valence-corrected chi connectivity index (χ2v) is 5.72. The molecule has 0 saturated carbocycles. The highest BCUT2D eigenvalue weighted by molar-refractivity contribution is 5.87. The first kappa shape index (κ1) is 17.1. The number of nitrogens with zero attached hydrogens (tertiary/aromatic N) is 3. The lowest BCUT2D eigenvalue weighted by Crippen LogP contribution is -2.00. The van der Waals surface area contributed by atoms with Crippen LogP contribution in [0.5, 0.6) is 11.6 Å². The van der Waals surface area contributed by atoms with Crippen molar-refractivity contribution in [2.45, 2.75) is 0 Å². The van der Waals surface area contributed by atoms with Gasteiger partial charge < -0.3 is 14.8 Å². The van der Waals surface area contributed by atoms with Gasteiger partial charge in [0.05, 0.1) is 12.0 Å². The minimum absolute atomic E-state index is 0.131. The van der Waals surface area contributed by atoms with Gasteiger partial charge in [-0.15, -0.1) is 0 Å². The van der Waals surface area contributed by atoms with E-state index in [4.69, 9.17) is 4.74 Å². The SMILES string of the molecule is O=C(O)c1[nH]nnc1Oc1cc(C#Cc2ccccc2)cc(-c2c[nH]cn2)c1. The Morgan fingerprint density at radius 2 is 1.89 bits per heavy atom. The van der Waals surface area contributed by atoms with E-state index in [0.717, 1.165) is 11.1 Å². The van der Waals surface area contributed by atoms with E-state index < -0.39 is 5.97 Å². The molecule has 3 N–H and O–H groups in total. The van der Waals surface area contributed by atoms with Crippen LogP contribution in [-0.2, 0) is 0 Å². The number of nitrogens with one attached hydrogen (secondary N) is 2. The normalized spacial score (nSPS) is 10.1. The number of carboxylic acids is 1. The lowest BCUT2D eigenvalue weighted by molar-refractivity contribution is 0.0687. The Morgan fingerprint density at radius 1 is 1.07 bits per heavy atom. The number of hydrogen-bond acceptors (Lipinski definition) is 5. The van der Waals surface area contributed by atoms with Gasteiger partial charge in [0, 0.05) is 22.9 Å². The molecular formula is C20H13N5O3. The second-order valence-electron chi connectivity index (χ2n) is 5.72. The molecule has 2 heterocycles. The summed E-state index contributed by atoms with van der Waals surface area (Å²) in [5.74, 6) is 5.20. The van der Waals surface area contributed by atoms with Crippen molar-refractivity contribution in [1.82, 2.24) is 25.4 Å². The predicted octanol–water partition coefficient (Wildman–Crippen LogP) is 3.09. The quantitative estimate of drug-likeness (QED) is 0.475. The van der Waals surface area contributed by atoms with Crippen molar-refractivity contribution in [1.29, 1.82) is 0 Å². The molecule has 0 fully saturated rings. The molecule has 0 bridgehead atoms. The lowest BCUT2D eigenvalue weighted by atomic mass is 10.1. The van der Waals surface area contributed by atoms with Crippen molar-refractivity contribution in [3.8, 4) is 34.7 Å². The first-order chi connectivity index (χ1) is 13.7. The summed E-state index contributed by atoms with van der Waals surface area (Å²) in [6, 6.07) is 14.9. The van der Waals surface area contributed by atoms with Crippen LogP contribution >= 0.6 is 0 Å². The number of aromatic nitrogens is 5. The molecule has 28 heavy (non-hydrogen) atoms. The maximum atomic E-state index is 11.2. The van der Waals surface area contributed by atoms with Crippen molar-refractivity contribution in [3.05, 3.63) is 77.9 Å². The molecule has 8 nitrogen and oxygen atoms in total. The number of imidazole rings is 1. The van der Waals surface area contributed by atoms with E-state index in [1.165, 1.54) is 0 Å². The van der Waals surface area contributed by atoms with E-state index in [9.17, 15) is 9.90 Å². The summed E-state index contributed by atoms with van der Waals surface area (Å²) in [5, 5.41) is 18.6. The molecule has 2 aromatic heterocycles. The van der Waals surface area contributed by atoms with Crippen LogP contribution in [0.3, 0.4) is 0 Å². The molecule has 0 radical (unpaired) electrons. The summed E-state index contributed by atoms with van der Waals surface area (Å²) < 4.78 is 5.65. The van der Waals surface area contributed by atoms with Gasteiger partial charge in [-0.05, 0) is 30.3 Å². The smallest absolute Gasteiger partial charge is 0.359 e. The molecule has 2 aromatic carbocycles. The highest BCUT2D eigenvalue weighted by Crippen LogP contribution is 2.28. The maximum Gasteiger partial charge on any atom is 0.359 e. The average Bonchev–Trinajstić information content (AvgIpc) is 3.39. The number of carbonyl (C=O) groups is 1. The average molecular weight is 371 g/mol. The summed E-state index contributed by atoms with van der Waals surface area (Å²) >= 11 is 0. The van der Waals surface area contributed by atoms with Crippen LogP contribution < -0.4 is 4.74 Å². The van der Waals surface area contributed by atoms with Gasteiger partial charge in [-0.3, -0.25) is 0 Å². The van der Waals surface area contributed by atoms with Crippen molar-refractivity contribution in [3.63, 3.8) is 0 Å².